The van der Waals surface area contributed by atoms with Crippen LogP contribution in [0.1, 0.15) is 17.3 Å². The van der Waals surface area contributed by atoms with Crippen LogP contribution in [-0.4, -0.2) is 40.0 Å². The summed E-state index contributed by atoms with van der Waals surface area (Å²) in [6.07, 6.45) is 4.47. The highest BCUT2D eigenvalue weighted by Crippen LogP contribution is 2.24. The summed E-state index contributed by atoms with van der Waals surface area (Å²) in [5.74, 6) is 0.693. The summed E-state index contributed by atoms with van der Waals surface area (Å²) in [6.45, 7) is 1.38. The highest BCUT2D eigenvalue weighted by molar-refractivity contribution is 8.14. The van der Waals surface area contributed by atoms with Gasteiger partial charge in [-0.2, -0.15) is 0 Å². The molecule has 0 fully saturated rings. The Labute approximate surface area is 199 Å². The van der Waals surface area contributed by atoms with Crippen molar-refractivity contribution in [1.82, 2.24) is 15.0 Å². The molecule has 4 aromatic rings. The Morgan fingerprint density at radius 3 is 2.62 bits per heavy atom. The van der Waals surface area contributed by atoms with Crippen LogP contribution in [0.5, 0.6) is 11.6 Å². The number of thioether (sulfide) groups is 1. The van der Waals surface area contributed by atoms with E-state index >= 15 is 0 Å². The van der Waals surface area contributed by atoms with Gasteiger partial charge >= 0.3 is 0 Å². The van der Waals surface area contributed by atoms with E-state index in [0.717, 1.165) is 11.8 Å². The number of anilines is 1. The molecule has 1 aromatic carbocycles. The first-order valence-electron chi connectivity index (χ1n) is 9.94. The van der Waals surface area contributed by atoms with E-state index in [0.29, 0.717) is 22.5 Å². The van der Waals surface area contributed by atoms with Crippen molar-refractivity contribution in [1.29, 1.82) is 0 Å². The molecule has 0 saturated carbocycles. The van der Waals surface area contributed by atoms with Crippen LogP contribution in [0.3, 0.4) is 0 Å². The number of Topliss-reactive ketones (excluding diaryl/α,β-unsaturated/α-hetero) is 1. The molecule has 0 aliphatic rings. The Hall–Kier alpha value is -3.83. The fraction of sp³-hybridized carbons (Fsp3) is 0.0870. The fourth-order valence-electron chi connectivity index (χ4n) is 2.90. The molecule has 0 unspecified atom stereocenters. The third-order valence-electron chi connectivity index (χ3n) is 4.53. The van der Waals surface area contributed by atoms with Crippen LogP contribution in [0.2, 0.25) is 0 Å². The third kappa shape index (κ3) is 5.74. The zero-order valence-electron chi connectivity index (χ0n) is 17.8. The minimum atomic E-state index is -3.93. The predicted octanol–water partition coefficient (Wildman–Crippen LogP) is 4.08. The summed E-state index contributed by atoms with van der Waals surface area (Å²) < 4.78 is 33.7. The number of rotatable bonds is 8. The molecule has 0 amide bonds. The van der Waals surface area contributed by atoms with Gasteiger partial charge in [-0.25, -0.2) is 18.4 Å². The second-order valence-electron chi connectivity index (χ2n) is 7.04. The van der Waals surface area contributed by atoms with Crippen molar-refractivity contribution < 1.29 is 22.7 Å². The van der Waals surface area contributed by atoms with Crippen molar-refractivity contribution >= 4 is 49.4 Å². The molecule has 34 heavy (non-hydrogen) atoms. The van der Waals surface area contributed by atoms with Gasteiger partial charge in [0.05, 0.1) is 22.4 Å². The Balaban J connectivity index is 1.48. The molecule has 0 saturated heterocycles. The van der Waals surface area contributed by atoms with Crippen molar-refractivity contribution in [2.75, 3.05) is 10.5 Å². The topological polar surface area (TPSA) is 128 Å². The molecule has 11 heteroatoms. The number of ether oxygens (including phenoxy) is 1. The first-order chi connectivity index (χ1) is 16.3. The lowest BCUT2D eigenvalue weighted by atomic mass is 10.2. The maximum absolute atomic E-state index is 12.8. The minimum absolute atomic E-state index is 0.00219. The van der Waals surface area contributed by atoms with E-state index in [1.807, 2.05) is 0 Å². The molecule has 4 rings (SSSR count). The maximum atomic E-state index is 12.8. The number of ketones is 1. The predicted molar refractivity (Wildman–Crippen MR) is 129 cm³/mol. The fourth-order valence-corrected chi connectivity index (χ4v) is 4.45. The molecule has 0 aliphatic heterocycles. The summed E-state index contributed by atoms with van der Waals surface area (Å²) in [4.78, 5) is 35.5. The molecule has 172 valence electrons. The lowest BCUT2D eigenvalue weighted by molar-refractivity contribution is -0.109. The Morgan fingerprint density at radius 2 is 1.91 bits per heavy atom. The minimum Gasteiger partial charge on any atom is -0.437 e. The standard InChI is InChI=1S/C23H18N4O5S2/c1-15(28)33-14-21(29)17-4-8-22(25-12-17)27-34(30,31)19-6-7-20-16(11-19)5-9-23(26-20)32-18-3-2-10-24-13-18/h2-13H,14H2,1H3,(H,25,27). The Kier molecular flexibility index (Phi) is 6.85. The quantitative estimate of drug-likeness (QED) is 0.360. The first kappa shape index (κ1) is 23.3. The van der Waals surface area contributed by atoms with Crippen molar-refractivity contribution in [3.05, 3.63) is 78.8 Å². The molecule has 9 nitrogen and oxygen atoms in total. The zero-order chi connectivity index (χ0) is 24.1. The van der Waals surface area contributed by atoms with Crippen molar-refractivity contribution in [2.24, 2.45) is 0 Å². The van der Waals surface area contributed by atoms with Crippen molar-refractivity contribution in [3.63, 3.8) is 0 Å². The van der Waals surface area contributed by atoms with E-state index in [1.54, 1.807) is 42.7 Å². The second kappa shape index (κ2) is 9.98. The summed E-state index contributed by atoms with van der Waals surface area (Å²) in [5.41, 5.74) is 0.850. The third-order valence-corrected chi connectivity index (χ3v) is 6.70. The van der Waals surface area contributed by atoms with Gasteiger partial charge in [0.15, 0.2) is 10.9 Å². The maximum Gasteiger partial charge on any atom is 0.263 e. The molecule has 0 aliphatic carbocycles. The van der Waals surface area contributed by atoms with Crippen LogP contribution >= 0.6 is 11.8 Å². The van der Waals surface area contributed by atoms with Crippen LogP contribution in [0.25, 0.3) is 10.9 Å². The van der Waals surface area contributed by atoms with Crippen molar-refractivity contribution in [2.45, 2.75) is 11.8 Å². The highest BCUT2D eigenvalue weighted by Gasteiger charge is 2.17. The van der Waals surface area contributed by atoms with Crippen LogP contribution in [0, 0.1) is 0 Å². The lowest BCUT2D eigenvalue weighted by Gasteiger charge is -2.09. The van der Waals surface area contributed by atoms with Gasteiger partial charge in [0.25, 0.3) is 10.0 Å². The highest BCUT2D eigenvalue weighted by atomic mass is 32.2. The summed E-state index contributed by atoms with van der Waals surface area (Å²) in [6, 6.07) is 14.2. The number of nitrogens with one attached hydrogen (secondary N) is 1. The van der Waals surface area contributed by atoms with Crippen LogP contribution in [-0.2, 0) is 14.8 Å². The Morgan fingerprint density at radius 1 is 1.06 bits per heavy atom. The van der Waals surface area contributed by atoms with E-state index in [2.05, 4.69) is 19.7 Å². The molecular weight excluding hydrogens is 476 g/mol. The van der Waals surface area contributed by atoms with Gasteiger partial charge in [0.2, 0.25) is 5.88 Å². The van der Waals surface area contributed by atoms with Gasteiger partial charge in [-0.05, 0) is 48.5 Å². The average Bonchev–Trinajstić information content (AvgIpc) is 2.83. The van der Waals surface area contributed by atoms with Crippen molar-refractivity contribution in [3.8, 4) is 11.6 Å². The summed E-state index contributed by atoms with van der Waals surface area (Å²) in [5, 5.41) is 0.451. The summed E-state index contributed by atoms with van der Waals surface area (Å²) in [7, 11) is -3.93. The number of hydrogen-bond donors (Lipinski definition) is 1. The molecule has 0 bridgehead atoms. The van der Waals surface area contributed by atoms with Crippen LogP contribution < -0.4 is 9.46 Å². The van der Waals surface area contributed by atoms with E-state index in [4.69, 9.17) is 4.74 Å². The lowest BCUT2D eigenvalue weighted by Crippen LogP contribution is -2.14. The normalized spacial score (nSPS) is 11.2. The molecule has 0 atom stereocenters. The van der Waals surface area contributed by atoms with Gasteiger partial charge < -0.3 is 4.74 Å². The van der Waals surface area contributed by atoms with Gasteiger partial charge in [-0.15, -0.1) is 0 Å². The van der Waals surface area contributed by atoms with E-state index in [1.165, 1.54) is 37.4 Å². The number of carbonyl (C=O) groups is 2. The van der Waals surface area contributed by atoms with E-state index in [-0.39, 0.29) is 32.9 Å². The second-order valence-corrected chi connectivity index (χ2v) is 9.87. The van der Waals surface area contributed by atoms with E-state index in [9.17, 15) is 18.0 Å². The van der Waals surface area contributed by atoms with Gasteiger partial charge in [-0.3, -0.25) is 19.3 Å². The number of sulfonamides is 1. The summed E-state index contributed by atoms with van der Waals surface area (Å²) >= 11 is 0.904. The largest absolute Gasteiger partial charge is 0.437 e. The van der Waals surface area contributed by atoms with Gasteiger partial charge in [0, 0.05) is 36.3 Å². The molecule has 3 heterocycles. The molecule has 1 N–H and O–H groups in total. The number of nitrogens with zero attached hydrogens (tertiary/aromatic N) is 3. The van der Waals surface area contributed by atoms with Crippen LogP contribution in [0.4, 0.5) is 5.82 Å². The first-order valence-corrected chi connectivity index (χ1v) is 12.4. The zero-order valence-corrected chi connectivity index (χ0v) is 19.5. The molecule has 3 aromatic heterocycles. The SMILES string of the molecule is CC(=O)SCC(=O)c1ccc(NS(=O)(=O)c2ccc3nc(Oc4cccnc4)ccc3c2)nc1. The number of pyridine rings is 3. The monoisotopic (exact) mass is 494 g/mol. The molecule has 0 spiro atoms. The number of hydrogen-bond acceptors (Lipinski definition) is 9. The van der Waals surface area contributed by atoms with Gasteiger partial charge in [0.1, 0.15) is 11.6 Å². The van der Waals surface area contributed by atoms with Gasteiger partial charge in [-0.1, -0.05) is 11.8 Å². The smallest absolute Gasteiger partial charge is 0.263 e. The number of aromatic nitrogens is 3. The number of fused-ring (bicyclic) bond motifs is 1. The number of benzene rings is 1. The average molecular weight is 495 g/mol. The number of carbonyl (C=O) groups excluding carboxylic acids is 2. The molecule has 0 radical (unpaired) electrons. The Bertz CT molecular complexity index is 1460. The van der Waals surface area contributed by atoms with E-state index < -0.39 is 10.0 Å². The molecular formula is C23H18N4O5S2. The van der Waals surface area contributed by atoms with Crippen LogP contribution in [0.15, 0.2) is 78.1 Å².